The Morgan fingerprint density at radius 1 is 1.24 bits per heavy atom. The molecule has 0 radical (unpaired) electrons. The van der Waals surface area contributed by atoms with Crippen LogP contribution in [0.5, 0.6) is 5.75 Å². The average Bonchev–Trinajstić information content (AvgIpc) is 2.46. The third-order valence-electron chi connectivity index (χ3n) is 2.88. The van der Waals surface area contributed by atoms with Crippen LogP contribution < -0.4 is 4.74 Å². The minimum Gasteiger partial charge on any atom is -0.486 e. The molecule has 0 aliphatic heterocycles. The lowest BCUT2D eigenvalue weighted by atomic mass is 10.1. The smallest absolute Gasteiger partial charge is 0.319 e. The third kappa shape index (κ3) is 3.22. The van der Waals surface area contributed by atoms with Gasteiger partial charge in [-0.2, -0.15) is 4.39 Å². The second-order valence-electron chi connectivity index (χ2n) is 4.36. The first-order valence-corrected chi connectivity index (χ1v) is 6.15. The third-order valence-corrected chi connectivity index (χ3v) is 2.88. The minimum atomic E-state index is -1.14. The number of hydrogen-bond acceptors (Lipinski definition) is 4. The zero-order valence-corrected chi connectivity index (χ0v) is 11.2. The van der Waals surface area contributed by atoms with E-state index in [9.17, 15) is 19.3 Å². The van der Waals surface area contributed by atoms with Crippen molar-refractivity contribution < 1.29 is 18.8 Å². The maximum atomic E-state index is 14.1. The minimum absolute atomic E-state index is 0.0777. The van der Waals surface area contributed by atoms with Crippen LogP contribution in [0.1, 0.15) is 22.8 Å². The van der Waals surface area contributed by atoms with Crippen molar-refractivity contribution in [2.45, 2.75) is 13.5 Å². The van der Waals surface area contributed by atoms with Gasteiger partial charge in [-0.15, -0.1) is 0 Å². The van der Waals surface area contributed by atoms with Crippen LogP contribution in [0.3, 0.4) is 0 Å². The molecule has 2 aromatic rings. The molecule has 0 fully saturated rings. The van der Waals surface area contributed by atoms with E-state index >= 15 is 0 Å². The quantitative estimate of drug-likeness (QED) is 0.480. The molecule has 108 valence electrons. The molecule has 6 heteroatoms. The number of nitro benzene ring substituents is 1. The molecular formula is C15H12FNO4. The Hall–Kier alpha value is -2.76. The highest BCUT2D eigenvalue weighted by Gasteiger charge is 2.26. The van der Waals surface area contributed by atoms with Gasteiger partial charge in [-0.05, 0) is 24.6 Å². The van der Waals surface area contributed by atoms with Gasteiger partial charge < -0.3 is 4.74 Å². The summed E-state index contributed by atoms with van der Waals surface area (Å²) >= 11 is 0. The number of hydrogen-bond donors (Lipinski definition) is 0. The Balaban J connectivity index is 2.31. The van der Waals surface area contributed by atoms with Crippen molar-refractivity contribution in [1.29, 1.82) is 0 Å². The predicted octanol–water partition coefficient (Wildman–Crippen LogP) is 3.52. The normalized spacial score (nSPS) is 10.2. The molecule has 0 heterocycles. The summed E-state index contributed by atoms with van der Waals surface area (Å²) in [4.78, 5) is 21.3. The predicted molar refractivity (Wildman–Crippen MR) is 73.8 cm³/mol. The summed E-state index contributed by atoms with van der Waals surface area (Å²) in [6.45, 7) is 1.22. The fourth-order valence-corrected chi connectivity index (χ4v) is 1.86. The first-order chi connectivity index (χ1) is 10.0. The molecule has 0 amide bonds. The summed E-state index contributed by atoms with van der Waals surface area (Å²) < 4.78 is 19.4. The molecule has 0 saturated heterocycles. The Kier molecular flexibility index (Phi) is 4.27. The lowest BCUT2D eigenvalue weighted by molar-refractivity contribution is -0.387. The van der Waals surface area contributed by atoms with E-state index in [1.807, 2.05) is 6.07 Å². The maximum Gasteiger partial charge on any atom is 0.319 e. The lowest BCUT2D eigenvalue weighted by Gasteiger charge is -2.09. The number of ether oxygens (including phenoxy) is 1. The molecule has 0 bridgehead atoms. The van der Waals surface area contributed by atoms with Crippen molar-refractivity contribution in [1.82, 2.24) is 0 Å². The van der Waals surface area contributed by atoms with E-state index in [0.717, 1.165) is 12.5 Å². The summed E-state index contributed by atoms with van der Waals surface area (Å²) in [7, 11) is 0. The van der Waals surface area contributed by atoms with Gasteiger partial charge in [-0.25, -0.2) is 0 Å². The van der Waals surface area contributed by atoms with Crippen LogP contribution >= 0.6 is 0 Å². The molecule has 5 nitrogen and oxygen atoms in total. The van der Waals surface area contributed by atoms with Gasteiger partial charge in [-0.3, -0.25) is 14.9 Å². The van der Waals surface area contributed by atoms with Crippen LogP contribution in [-0.2, 0) is 6.61 Å². The Morgan fingerprint density at radius 2 is 1.90 bits per heavy atom. The molecule has 0 N–H and O–H groups in total. The first-order valence-electron chi connectivity index (χ1n) is 6.15. The summed E-state index contributed by atoms with van der Waals surface area (Å²) in [6.07, 6.45) is 0. The van der Waals surface area contributed by atoms with Gasteiger partial charge in [0, 0.05) is 0 Å². The summed E-state index contributed by atoms with van der Waals surface area (Å²) in [5.41, 5.74) is -0.326. The van der Waals surface area contributed by atoms with Crippen LogP contribution in [0.4, 0.5) is 10.1 Å². The Bertz CT molecular complexity index is 686. The van der Waals surface area contributed by atoms with Gasteiger partial charge in [-0.1, -0.05) is 30.3 Å². The number of halogens is 1. The fourth-order valence-electron chi connectivity index (χ4n) is 1.86. The van der Waals surface area contributed by atoms with Crippen molar-refractivity contribution in [2.75, 3.05) is 0 Å². The molecule has 2 rings (SSSR count). The number of carbonyl (C=O) groups excluding carboxylic acids is 1. The number of benzene rings is 2. The summed E-state index contributed by atoms with van der Waals surface area (Å²) in [6, 6.07) is 11.4. The number of Topliss-reactive ketones (excluding diaryl/α,β-unsaturated/α-hetero) is 1. The van der Waals surface area contributed by atoms with Gasteiger partial charge in [0.15, 0.2) is 11.5 Å². The average molecular weight is 289 g/mol. The zero-order valence-electron chi connectivity index (χ0n) is 11.2. The van der Waals surface area contributed by atoms with Crippen LogP contribution in [-0.4, -0.2) is 10.7 Å². The summed E-state index contributed by atoms with van der Waals surface area (Å²) in [5.74, 6) is -1.96. The number of nitrogens with zero attached hydrogens (tertiary/aromatic N) is 1. The lowest BCUT2D eigenvalue weighted by Crippen LogP contribution is -2.05. The highest BCUT2D eigenvalue weighted by molar-refractivity contribution is 5.98. The number of carbonyl (C=O) groups is 1. The SMILES string of the molecule is CC(=O)c1ccc(OCc2ccccc2)c(F)c1[N+](=O)[O-]. The van der Waals surface area contributed by atoms with E-state index in [4.69, 9.17) is 4.74 Å². The highest BCUT2D eigenvalue weighted by atomic mass is 19.1. The summed E-state index contributed by atoms with van der Waals surface area (Å²) in [5, 5.41) is 10.9. The van der Waals surface area contributed by atoms with E-state index in [2.05, 4.69) is 0 Å². The van der Waals surface area contributed by atoms with Crippen molar-refractivity contribution in [3.8, 4) is 5.75 Å². The first kappa shape index (κ1) is 14.6. The van der Waals surface area contributed by atoms with Crippen molar-refractivity contribution in [3.63, 3.8) is 0 Å². The van der Waals surface area contributed by atoms with E-state index in [1.54, 1.807) is 24.3 Å². The molecule has 0 unspecified atom stereocenters. The molecule has 0 spiro atoms. The van der Waals surface area contributed by atoms with Crippen molar-refractivity contribution in [3.05, 3.63) is 69.5 Å². The Morgan fingerprint density at radius 3 is 2.48 bits per heavy atom. The molecule has 0 aromatic heterocycles. The monoisotopic (exact) mass is 289 g/mol. The standard InChI is InChI=1S/C15H12FNO4/c1-10(18)12-7-8-13(14(16)15(12)17(19)20)21-9-11-5-3-2-4-6-11/h2-8H,9H2,1H3. The van der Waals surface area contributed by atoms with Crippen LogP contribution in [0.15, 0.2) is 42.5 Å². The number of ketones is 1. The molecule has 0 aliphatic carbocycles. The van der Waals surface area contributed by atoms with Gasteiger partial charge in [0.05, 0.1) is 10.5 Å². The van der Waals surface area contributed by atoms with Crippen LogP contribution in [0.25, 0.3) is 0 Å². The second-order valence-corrected chi connectivity index (χ2v) is 4.36. The van der Waals surface area contributed by atoms with E-state index in [0.29, 0.717) is 0 Å². The molecule has 0 saturated carbocycles. The van der Waals surface area contributed by atoms with Gasteiger partial charge in [0.1, 0.15) is 6.61 Å². The van der Waals surface area contributed by atoms with Crippen molar-refractivity contribution in [2.24, 2.45) is 0 Å². The second kappa shape index (κ2) is 6.13. The van der Waals surface area contributed by atoms with Gasteiger partial charge in [0.2, 0.25) is 5.82 Å². The largest absolute Gasteiger partial charge is 0.486 e. The zero-order chi connectivity index (χ0) is 15.4. The van der Waals surface area contributed by atoms with Crippen molar-refractivity contribution >= 4 is 11.5 Å². The number of rotatable bonds is 5. The fraction of sp³-hybridized carbons (Fsp3) is 0.133. The molecule has 21 heavy (non-hydrogen) atoms. The van der Waals surface area contributed by atoms with E-state index in [-0.39, 0.29) is 17.9 Å². The van der Waals surface area contributed by atoms with E-state index in [1.165, 1.54) is 12.1 Å². The van der Waals surface area contributed by atoms with Crippen LogP contribution in [0, 0.1) is 15.9 Å². The van der Waals surface area contributed by atoms with Crippen LogP contribution in [0.2, 0.25) is 0 Å². The maximum absolute atomic E-state index is 14.1. The van der Waals surface area contributed by atoms with Gasteiger partial charge in [0.25, 0.3) is 0 Å². The molecular weight excluding hydrogens is 277 g/mol. The van der Waals surface area contributed by atoms with Gasteiger partial charge >= 0.3 is 5.69 Å². The molecule has 2 aromatic carbocycles. The number of nitro groups is 1. The molecule has 0 atom stereocenters. The molecule has 0 aliphatic rings. The van der Waals surface area contributed by atoms with E-state index < -0.39 is 22.2 Å². The Labute approximate surface area is 120 Å². The topological polar surface area (TPSA) is 69.4 Å². The highest BCUT2D eigenvalue weighted by Crippen LogP contribution is 2.31.